The zero-order valence-electron chi connectivity index (χ0n) is 11.3. The van der Waals surface area contributed by atoms with Gasteiger partial charge in [0.05, 0.1) is 6.10 Å². The van der Waals surface area contributed by atoms with E-state index in [0.717, 1.165) is 6.42 Å². The van der Waals surface area contributed by atoms with E-state index in [-0.39, 0.29) is 29.1 Å². The number of rotatable bonds is 0. The molecule has 1 aliphatic heterocycles. The number of esters is 1. The molecule has 8 atom stereocenters. The third-order valence-corrected chi connectivity index (χ3v) is 6.62. The minimum absolute atomic E-state index is 0.0679. The molecule has 2 N–H and O–H groups in total. The Hall–Kier alpha value is -0.870. The maximum Gasteiger partial charge on any atom is 0.334 e. The summed E-state index contributed by atoms with van der Waals surface area (Å²) in [5.74, 6) is -0.396. The summed E-state index contributed by atoms with van der Waals surface area (Å²) < 4.78 is 5.69. The number of hydrogen-bond acceptors (Lipinski definition) is 4. The number of aliphatic hydroxyl groups excluding tert-OH is 2. The largest absolute Gasteiger partial charge is 0.452 e. The van der Waals surface area contributed by atoms with Crippen LogP contribution >= 0.6 is 0 Å². The third kappa shape index (κ3) is 1.05. The molecule has 19 heavy (non-hydrogen) atoms. The maximum atomic E-state index is 12.1. The lowest BCUT2D eigenvalue weighted by atomic mass is 9.60. The Kier molecular flexibility index (Phi) is 1.92. The summed E-state index contributed by atoms with van der Waals surface area (Å²) in [5.41, 5.74) is -0.400. The van der Waals surface area contributed by atoms with Gasteiger partial charge in [-0.15, -0.1) is 0 Å². The summed E-state index contributed by atoms with van der Waals surface area (Å²) in [6.45, 7) is 7.92. The van der Waals surface area contributed by atoms with E-state index < -0.39 is 17.8 Å². The molecule has 4 aliphatic rings. The lowest BCUT2D eigenvalue weighted by Gasteiger charge is -2.54. The van der Waals surface area contributed by atoms with E-state index in [1.807, 2.05) is 6.92 Å². The molecule has 0 amide bonds. The van der Waals surface area contributed by atoms with Gasteiger partial charge in [-0.05, 0) is 24.2 Å². The van der Waals surface area contributed by atoms with Crippen LogP contribution in [0.2, 0.25) is 0 Å². The molecule has 3 saturated carbocycles. The van der Waals surface area contributed by atoms with Crippen molar-refractivity contribution in [2.45, 2.75) is 44.5 Å². The highest BCUT2D eigenvalue weighted by atomic mass is 16.6. The van der Waals surface area contributed by atoms with Crippen LogP contribution in [0.3, 0.4) is 0 Å². The summed E-state index contributed by atoms with van der Waals surface area (Å²) in [6.07, 6.45) is 0.402. The van der Waals surface area contributed by atoms with Gasteiger partial charge in [-0.2, -0.15) is 0 Å². The van der Waals surface area contributed by atoms with Gasteiger partial charge in [0.15, 0.2) is 0 Å². The molecule has 1 heterocycles. The van der Waals surface area contributed by atoms with Crippen molar-refractivity contribution in [3.63, 3.8) is 0 Å². The van der Waals surface area contributed by atoms with Crippen molar-refractivity contribution < 1.29 is 19.7 Å². The Labute approximate surface area is 112 Å². The van der Waals surface area contributed by atoms with E-state index >= 15 is 0 Å². The predicted molar refractivity (Wildman–Crippen MR) is 67.0 cm³/mol. The molecule has 104 valence electrons. The van der Waals surface area contributed by atoms with Crippen LogP contribution in [0.25, 0.3) is 0 Å². The van der Waals surface area contributed by atoms with Gasteiger partial charge < -0.3 is 14.9 Å². The standard InChI is InChI=1S/C15H20O4/c1-6-11-8-5-14(8,3)10-4-9(16)7(2)15(10,12(11)17)19-13(6)18/h7-12,16-17H,1,4-5H2,2-3H3/t7-,8+,9-,10-,11+,12-,14+,15-/m0/s1. The van der Waals surface area contributed by atoms with Crippen LogP contribution in [0.4, 0.5) is 0 Å². The predicted octanol–water partition coefficient (Wildman–Crippen LogP) is 0.872. The van der Waals surface area contributed by atoms with E-state index in [2.05, 4.69) is 13.5 Å². The molecule has 1 saturated heterocycles. The van der Waals surface area contributed by atoms with Crippen LogP contribution in [-0.4, -0.2) is 34.0 Å². The van der Waals surface area contributed by atoms with E-state index in [0.29, 0.717) is 17.9 Å². The summed E-state index contributed by atoms with van der Waals surface area (Å²) in [6, 6.07) is 0. The third-order valence-electron chi connectivity index (χ3n) is 6.62. The first-order valence-corrected chi connectivity index (χ1v) is 7.12. The number of fused-ring (bicyclic) bond motifs is 4. The minimum atomic E-state index is -0.899. The smallest absolute Gasteiger partial charge is 0.334 e. The fraction of sp³-hybridized carbons (Fsp3) is 0.800. The molecule has 4 nitrogen and oxygen atoms in total. The first kappa shape index (κ1) is 11.9. The Bertz CT molecular complexity index is 500. The molecule has 0 aromatic heterocycles. The lowest BCUT2D eigenvalue weighted by Crippen LogP contribution is -2.65. The highest BCUT2D eigenvalue weighted by Crippen LogP contribution is 2.75. The van der Waals surface area contributed by atoms with Gasteiger partial charge in [0, 0.05) is 23.3 Å². The molecule has 0 aromatic rings. The molecule has 3 aliphatic carbocycles. The molecule has 1 spiro atoms. The number of hydrogen-bond donors (Lipinski definition) is 2. The van der Waals surface area contributed by atoms with Crippen LogP contribution < -0.4 is 0 Å². The first-order chi connectivity index (χ1) is 8.84. The normalized spacial score (nSPS) is 62.3. The number of carbonyl (C=O) groups excluding carboxylic acids is 1. The van der Waals surface area contributed by atoms with Gasteiger partial charge in [-0.1, -0.05) is 20.4 Å². The van der Waals surface area contributed by atoms with Gasteiger partial charge in [0.1, 0.15) is 11.7 Å². The molecule has 4 fully saturated rings. The van der Waals surface area contributed by atoms with E-state index in [1.54, 1.807) is 0 Å². The van der Waals surface area contributed by atoms with E-state index in [9.17, 15) is 15.0 Å². The Balaban J connectivity index is 1.91. The highest BCUT2D eigenvalue weighted by molar-refractivity contribution is 5.90. The minimum Gasteiger partial charge on any atom is -0.452 e. The molecular weight excluding hydrogens is 244 g/mol. The molecule has 0 unspecified atom stereocenters. The summed E-state index contributed by atoms with van der Waals surface area (Å²) in [4.78, 5) is 12.1. The molecule has 0 radical (unpaired) electrons. The van der Waals surface area contributed by atoms with Crippen LogP contribution in [0.15, 0.2) is 12.2 Å². The quantitative estimate of drug-likeness (QED) is 0.503. The molecule has 4 rings (SSSR count). The number of carbonyl (C=O) groups is 1. The average Bonchev–Trinajstić information content (AvgIpc) is 2.95. The molecule has 4 heteroatoms. The second-order valence-corrected chi connectivity index (χ2v) is 7.20. The van der Waals surface area contributed by atoms with E-state index in [1.165, 1.54) is 0 Å². The van der Waals surface area contributed by atoms with Gasteiger partial charge in [0.2, 0.25) is 0 Å². The highest BCUT2D eigenvalue weighted by Gasteiger charge is 2.79. The van der Waals surface area contributed by atoms with Crippen LogP contribution in [0.1, 0.15) is 26.7 Å². The number of ether oxygens (including phenoxy) is 1. The Morgan fingerprint density at radius 1 is 1.42 bits per heavy atom. The topological polar surface area (TPSA) is 66.8 Å². The Morgan fingerprint density at radius 2 is 2.11 bits per heavy atom. The average molecular weight is 264 g/mol. The van der Waals surface area contributed by atoms with E-state index in [4.69, 9.17) is 4.74 Å². The van der Waals surface area contributed by atoms with Gasteiger partial charge in [0.25, 0.3) is 0 Å². The molecular formula is C15H20O4. The molecule has 2 bridgehead atoms. The van der Waals surface area contributed by atoms with Gasteiger partial charge >= 0.3 is 5.97 Å². The van der Waals surface area contributed by atoms with Crippen molar-refractivity contribution in [3.8, 4) is 0 Å². The Morgan fingerprint density at radius 3 is 2.79 bits per heavy atom. The second-order valence-electron chi connectivity index (χ2n) is 7.20. The zero-order valence-corrected chi connectivity index (χ0v) is 11.3. The van der Waals surface area contributed by atoms with Crippen molar-refractivity contribution in [1.29, 1.82) is 0 Å². The number of aliphatic hydroxyl groups is 2. The van der Waals surface area contributed by atoms with Gasteiger partial charge in [-0.3, -0.25) is 0 Å². The summed E-state index contributed by atoms with van der Waals surface area (Å²) in [7, 11) is 0. The van der Waals surface area contributed by atoms with Crippen molar-refractivity contribution in [1.82, 2.24) is 0 Å². The van der Waals surface area contributed by atoms with Crippen LogP contribution in [0, 0.1) is 29.1 Å². The van der Waals surface area contributed by atoms with Crippen molar-refractivity contribution in [3.05, 3.63) is 12.2 Å². The van der Waals surface area contributed by atoms with Gasteiger partial charge in [-0.25, -0.2) is 4.79 Å². The van der Waals surface area contributed by atoms with Crippen molar-refractivity contribution >= 4 is 5.97 Å². The molecule has 0 aromatic carbocycles. The monoisotopic (exact) mass is 264 g/mol. The first-order valence-electron chi connectivity index (χ1n) is 7.12. The van der Waals surface area contributed by atoms with Crippen molar-refractivity contribution in [2.24, 2.45) is 29.1 Å². The fourth-order valence-corrected chi connectivity index (χ4v) is 5.38. The zero-order chi connectivity index (χ0) is 13.7. The van der Waals surface area contributed by atoms with Crippen LogP contribution in [0.5, 0.6) is 0 Å². The van der Waals surface area contributed by atoms with Crippen molar-refractivity contribution in [2.75, 3.05) is 0 Å². The lowest BCUT2D eigenvalue weighted by molar-refractivity contribution is -0.227. The van der Waals surface area contributed by atoms with Crippen LogP contribution in [-0.2, 0) is 9.53 Å². The SMILES string of the molecule is C=C1C(=O)O[C@@]23[C@@H](C)[C@@H](O)C[C@H]2[C@]2(C)C[C@@H]2[C@@H]1[C@@H]3O. The maximum absolute atomic E-state index is 12.1. The summed E-state index contributed by atoms with van der Waals surface area (Å²) >= 11 is 0. The second kappa shape index (κ2) is 3.07. The fourth-order valence-electron chi connectivity index (χ4n) is 5.38. The summed E-state index contributed by atoms with van der Waals surface area (Å²) in [5, 5.41) is 21.0.